The van der Waals surface area contributed by atoms with E-state index in [1.165, 1.54) is 0 Å². The van der Waals surface area contributed by atoms with Crippen LogP contribution in [0.3, 0.4) is 0 Å². The number of unbranched alkanes of at least 4 members (excludes halogenated alkanes) is 1. The molecule has 0 aliphatic rings. The molecule has 2 nitrogen and oxygen atoms in total. The van der Waals surface area contributed by atoms with Gasteiger partial charge in [0.2, 0.25) is 0 Å². The first-order valence-corrected chi connectivity index (χ1v) is 6.37. The van der Waals surface area contributed by atoms with E-state index in [1.807, 2.05) is 26.8 Å². The third kappa shape index (κ3) is 3.58. The van der Waals surface area contributed by atoms with Crippen LogP contribution in [0.4, 0.5) is 0 Å². The van der Waals surface area contributed by atoms with E-state index in [-0.39, 0.29) is 5.78 Å². The Kier molecular flexibility index (Phi) is 5.20. The zero-order chi connectivity index (χ0) is 12.8. The Labute approximate surface area is 104 Å². The number of Topliss-reactive ketones (excluding diaryl/α,β-unsaturated/α-hetero) is 1. The predicted octanol–water partition coefficient (Wildman–Crippen LogP) is 4.08. The molecule has 0 unspecified atom stereocenters. The van der Waals surface area contributed by atoms with E-state index in [1.54, 1.807) is 0 Å². The van der Waals surface area contributed by atoms with Crippen molar-refractivity contribution in [3.05, 3.63) is 28.8 Å². The van der Waals surface area contributed by atoms with Crippen molar-refractivity contribution >= 4 is 5.78 Å². The van der Waals surface area contributed by atoms with Gasteiger partial charge in [-0.25, -0.2) is 0 Å². The van der Waals surface area contributed by atoms with Gasteiger partial charge in [-0.05, 0) is 44.4 Å². The Morgan fingerprint density at radius 1 is 1.24 bits per heavy atom. The second-order valence-corrected chi connectivity index (χ2v) is 4.42. The lowest BCUT2D eigenvalue weighted by Gasteiger charge is -2.13. The first kappa shape index (κ1) is 13.8. The van der Waals surface area contributed by atoms with E-state index in [9.17, 15) is 4.79 Å². The lowest BCUT2D eigenvalue weighted by molar-refractivity contribution is 0.0976. The molecule has 0 aliphatic carbocycles. The number of benzene rings is 1. The molecule has 0 fully saturated rings. The number of ketones is 1. The van der Waals surface area contributed by atoms with Crippen molar-refractivity contribution in [2.45, 2.75) is 47.0 Å². The quantitative estimate of drug-likeness (QED) is 0.693. The van der Waals surface area contributed by atoms with Crippen molar-refractivity contribution < 1.29 is 9.53 Å². The molecule has 0 bridgehead atoms. The largest absolute Gasteiger partial charge is 0.493 e. The normalized spacial score (nSPS) is 10.4. The summed E-state index contributed by atoms with van der Waals surface area (Å²) in [6.07, 6.45) is 2.59. The molecule has 17 heavy (non-hydrogen) atoms. The highest BCUT2D eigenvalue weighted by Gasteiger charge is 2.14. The molecule has 0 radical (unpaired) electrons. The Balaban J connectivity index is 3.06. The van der Waals surface area contributed by atoms with Gasteiger partial charge in [-0.15, -0.1) is 0 Å². The second-order valence-electron chi connectivity index (χ2n) is 4.42. The van der Waals surface area contributed by atoms with Crippen molar-refractivity contribution in [1.82, 2.24) is 0 Å². The van der Waals surface area contributed by atoms with Crippen molar-refractivity contribution in [3.63, 3.8) is 0 Å². The van der Waals surface area contributed by atoms with E-state index >= 15 is 0 Å². The molecule has 1 rings (SSSR count). The van der Waals surface area contributed by atoms with Crippen LogP contribution < -0.4 is 4.74 Å². The highest BCUT2D eigenvalue weighted by atomic mass is 16.5. The molecule has 94 valence electrons. The van der Waals surface area contributed by atoms with Gasteiger partial charge in [0.05, 0.1) is 12.2 Å². The minimum absolute atomic E-state index is 0.196. The van der Waals surface area contributed by atoms with Crippen LogP contribution in [0.15, 0.2) is 12.1 Å². The molecule has 0 saturated carbocycles. The smallest absolute Gasteiger partial charge is 0.166 e. The van der Waals surface area contributed by atoms with Crippen molar-refractivity contribution in [2.24, 2.45) is 0 Å². The Hall–Kier alpha value is -1.31. The summed E-state index contributed by atoms with van der Waals surface area (Å²) in [6, 6.07) is 4.00. The zero-order valence-electron chi connectivity index (χ0n) is 11.3. The van der Waals surface area contributed by atoms with Gasteiger partial charge in [0, 0.05) is 6.42 Å². The van der Waals surface area contributed by atoms with E-state index in [0.717, 1.165) is 35.3 Å². The van der Waals surface area contributed by atoms with Crippen LogP contribution in [0.1, 0.15) is 54.6 Å². The average molecular weight is 234 g/mol. The van der Waals surface area contributed by atoms with Crippen LogP contribution in [-0.4, -0.2) is 12.4 Å². The molecule has 0 amide bonds. The SMILES string of the molecule is CCCCC(=O)c1cc(C)cc(C)c1OCC. The summed E-state index contributed by atoms with van der Waals surface area (Å²) in [5, 5.41) is 0. The fourth-order valence-corrected chi connectivity index (χ4v) is 1.97. The summed E-state index contributed by atoms with van der Waals surface area (Å²) in [7, 11) is 0. The summed E-state index contributed by atoms with van der Waals surface area (Å²) < 4.78 is 5.60. The lowest BCUT2D eigenvalue weighted by Crippen LogP contribution is -2.06. The van der Waals surface area contributed by atoms with Crippen molar-refractivity contribution in [2.75, 3.05) is 6.61 Å². The zero-order valence-corrected chi connectivity index (χ0v) is 11.3. The summed E-state index contributed by atoms with van der Waals surface area (Å²) in [5.41, 5.74) is 2.91. The topological polar surface area (TPSA) is 26.3 Å². The summed E-state index contributed by atoms with van der Waals surface area (Å²) >= 11 is 0. The molecule has 0 heterocycles. The fourth-order valence-electron chi connectivity index (χ4n) is 1.97. The number of carbonyl (C=O) groups excluding carboxylic acids is 1. The second kappa shape index (κ2) is 6.43. The molecule has 1 aromatic rings. The molecule has 0 aliphatic heterocycles. The van der Waals surface area contributed by atoms with E-state index in [4.69, 9.17) is 4.74 Å². The van der Waals surface area contributed by atoms with Gasteiger partial charge in [0.1, 0.15) is 5.75 Å². The van der Waals surface area contributed by atoms with Crippen LogP contribution in [-0.2, 0) is 0 Å². The van der Waals surface area contributed by atoms with E-state index in [0.29, 0.717) is 13.0 Å². The van der Waals surface area contributed by atoms with Gasteiger partial charge in [-0.1, -0.05) is 19.4 Å². The lowest BCUT2D eigenvalue weighted by atomic mass is 9.99. The van der Waals surface area contributed by atoms with Gasteiger partial charge in [-0.3, -0.25) is 4.79 Å². The van der Waals surface area contributed by atoms with Crippen LogP contribution in [0.5, 0.6) is 5.75 Å². The number of ether oxygens (including phenoxy) is 1. The van der Waals surface area contributed by atoms with Crippen LogP contribution in [0.2, 0.25) is 0 Å². The number of rotatable bonds is 6. The Morgan fingerprint density at radius 2 is 1.94 bits per heavy atom. The van der Waals surface area contributed by atoms with Crippen LogP contribution in [0, 0.1) is 13.8 Å². The molecule has 2 heteroatoms. The van der Waals surface area contributed by atoms with Crippen LogP contribution in [0.25, 0.3) is 0 Å². The van der Waals surface area contributed by atoms with Gasteiger partial charge >= 0.3 is 0 Å². The van der Waals surface area contributed by atoms with Gasteiger partial charge in [0.15, 0.2) is 5.78 Å². The maximum Gasteiger partial charge on any atom is 0.166 e. The van der Waals surface area contributed by atoms with Crippen molar-refractivity contribution in [3.8, 4) is 5.75 Å². The minimum atomic E-state index is 0.196. The third-order valence-electron chi connectivity index (χ3n) is 2.77. The van der Waals surface area contributed by atoms with Gasteiger partial charge < -0.3 is 4.74 Å². The molecule has 0 N–H and O–H groups in total. The molecule has 0 atom stereocenters. The summed E-state index contributed by atoms with van der Waals surface area (Å²) in [5.74, 6) is 0.960. The molecule has 0 spiro atoms. The maximum absolute atomic E-state index is 12.1. The van der Waals surface area contributed by atoms with E-state index < -0.39 is 0 Å². The first-order chi connectivity index (χ1) is 8.10. The summed E-state index contributed by atoms with van der Waals surface area (Å²) in [6.45, 7) is 8.64. The number of hydrogen-bond acceptors (Lipinski definition) is 2. The average Bonchev–Trinajstić information content (AvgIpc) is 2.29. The van der Waals surface area contributed by atoms with Crippen LogP contribution >= 0.6 is 0 Å². The first-order valence-electron chi connectivity index (χ1n) is 6.37. The highest BCUT2D eigenvalue weighted by Crippen LogP contribution is 2.27. The maximum atomic E-state index is 12.1. The molecular weight excluding hydrogens is 212 g/mol. The number of aryl methyl sites for hydroxylation is 2. The van der Waals surface area contributed by atoms with Crippen molar-refractivity contribution in [1.29, 1.82) is 0 Å². The van der Waals surface area contributed by atoms with E-state index in [2.05, 4.69) is 13.0 Å². The monoisotopic (exact) mass is 234 g/mol. The fraction of sp³-hybridized carbons (Fsp3) is 0.533. The van der Waals surface area contributed by atoms with Gasteiger partial charge in [0.25, 0.3) is 0 Å². The molecule has 0 aromatic heterocycles. The number of hydrogen-bond donors (Lipinski definition) is 0. The predicted molar refractivity (Wildman–Crippen MR) is 70.9 cm³/mol. The third-order valence-corrected chi connectivity index (χ3v) is 2.77. The molecular formula is C15H22O2. The molecule has 0 saturated heterocycles. The number of carbonyl (C=O) groups is 1. The Bertz CT molecular complexity index is 394. The minimum Gasteiger partial charge on any atom is -0.493 e. The summed E-state index contributed by atoms with van der Waals surface area (Å²) in [4.78, 5) is 12.1. The molecule has 1 aromatic carbocycles. The highest BCUT2D eigenvalue weighted by molar-refractivity contribution is 5.99. The van der Waals surface area contributed by atoms with Gasteiger partial charge in [-0.2, -0.15) is 0 Å². The Morgan fingerprint density at radius 3 is 2.53 bits per heavy atom. The standard InChI is InChI=1S/C15H22O2/c1-5-7-8-14(16)13-10-11(3)9-12(4)15(13)17-6-2/h9-10H,5-8H2,1-4H3.